The normalized spacial score (nSPS) is 14.6. The van der Waals surface area contributed by atoms with E-state index in [1.54, 1.807) is 28.9 Å². The van der Waals surface area contributed by atoms with Crippen LogP contribution in [0.25, 0.3) is 66.5 Å². The van der Waals surface area contributed by atoms with Crippen LogP contribution >= 0.6 is 15.9 Å². The number of rotatable bonds is 18. The van der Waals surface area contributed by atoms with E-state index >= 15 is 0 Å². The maximum atomic E-state index is 12.8. The number of anilines is 3. The summed E-state index contributed by atoms with van der Waals surface area (Å²) < 4.78 is 88.7. The third-order valence-electron chi connectivity index (χ3n) is 19.8. The Bertz CT molecular complexity index is 6090. The minimum absolute atomic E-state index is 0. The number of carbonyl (C=O) groups is 5. The number of carboxylic acid groups (broad SMARTS) is 1. The first-order chi connectivity index (χ1) is 63.9. The zero-order valence-electron chi connectivity index (χ0n) is 77.2. The fourth-order valence-electron chi connectivity index (χ4n) is 14.4. The van der Waals surface area contributed by atoms with Crippen LogP contribution in [0.2, 0.25) is 0 Å². The van der Waals surface area contributed by atoms with Crippen LogP contribution in [0.1, 0.15) is 107 Å². The van der Waals surface area contributed by atoms with Crippen molar-refractivity contribution in [3.05, 3.63) is 230 Å². The molecule has 702 valence electrons. The first-order valence-corrected chi connectivity index (χ1v) is 42.1. The van der Waals surface area contributed by atoms with Gasteiger partial charge >= 0.3 is 41.4 Å². The van der Waals surface area contributed by atoms with Crippen molar-refractivity contribution >= 4 is 96.8 Å². The van der Waals surface area contributed by atoms with Gasteiger partial charge in [-0.2, -0.15) is 23.7 Å². The number of halogens is 5. The van der Waals surface area contributed by atoms with Gasteiger partial charge < -0.3 is 96.0 Å². The van der Waals surface area contributed by atoms with Gasteiger partial charge in [-0.15, -0.1) is 0 Å². The number of amides is 3. The average Bonchev–Trinajstić information content (AvgIpc) is 1.59. The molecular formula is C96H106BrCuF4N20O11. The Balaban J connectivity index is 0.000000246. The standard InChI is InChI=1S/C29H29N7O2.C28H28N6O3.C27H28BrN5O3.C6H11NO2.C2HF3O.C2H6.CH3F.CN.Cu/c1-34(2)15-6-9-25(37)35-16-14-21(18-35)36-24(17-30)26(27-28(31)32-19-33-29(27)36)20-10-12-23(13-11-20)38-22-7-4-3-5-8-22;1-28(2,3)37-27(35)33-14-13-19(16-33)34-22(15-29)23(24-25(30)31-17-32-26(24)34)18-9-11-21(12-10-18)36-20-7-5-4-6-8-20;1-27(2,3)36-26(34)32-14-13-18(15-32)33-23(28)21(22-24(29)30-16-31-25(22)33)17-9-11-20(12-10-17)35-19-7-5-4-6-8-19;1-7(2)5-3-4-6(8)9;3-2(4,5)1-6;3*1-2;/h3-13,19,21H,14-16,18H2,1-2H3,(H2,31,32,33);4-12,17,19H,13-14,16H2,1-3H3,(H2,30,31,32);4-12,16,18H,13-15H2,1-3H3,(H2,29,30,31);3-4H,5H2,1-2H3,(H,8,9);1H;1-2H3;1H3;;/q;;;;;;;-1;+1/b9-6+;;;4-3+;;;;;/t21-;19-;18-;;;;;;/m111....../s1/i;;;;;2*1D;;. The molecular weight excluding hydrogens is 1830 g/mol. The summed E-state index contributed by atoms with van der Waals surface area (Å²) in [4.78, 5) is 92.0. The number of fused-ring (bicyclic) bond motifs is 3. The van der Waals surface area contributed by atoms with Gasteiger partial charge in [-0.25, -0.2) is 44.3 Å². The molecule has 37 heteroatoms. The van der Waals surface area contributed by atoms with Crippen LogP contribution in [0.4, 0.5) is 44.6 Å². The maximum Gasteiger partial charge on any atom is 1.00 e. The summed E-state index contributed by atoms with van der Waals surface area (Å²) in [6, 6.07) is 56.1. The maximum absolute atomic E-state index is 12.8. The zero-order chi connectivity index (χ0) is 98.2. The molecule has 6 aromatic carbocycles. The molecule has 9 heterocycles. The summed E-state index contributed by atoms with van der Waals surface area (Å²) in [6.07, 6.45) is 6.27. The number of likely N-dealkylation sites (tertiary alicyclic amines) is 3. The molecule has 0 bridgehead atoms. The molecule has 0 saturated carbocycles. The second-order valence-corrected chi connectivity index (χ2v) is 32.7. The molecule has 0 unspecified atom stereocenters. The van der Waals surface area contributed by atoms with Gasteiger partial charge in [0.1, 0.15) is 123 Å². The number of benzene rings is 6. The van der Waals surface area contributed by atoms with Crippen LogP contribution in [0.15, 0.2) is 212 Å². The van der Waals surface area contributed by atoms with E-state index in [0.29, 0.717) is 146 Å². The molecule has 6 aromatic heterocycles. The molecule has 133 heavy (non-hydrogen) atoms. The van der Waals surface area contributed by atoms with Crippen molar-refractivity contribution in [3.8, 4) is 80.0 Å². The smallest absolute Gasteiger partial charge is 0.512 e. The predicted molar refractivity (Wildman–Crippen MR) is 500 cm³/mol. The summed E-state index contributed by atoms with van der Waals surface area (Å²) >= 11 is 3.83. The molecule has 3 fully saturated rings. The number of likely N-dealkylation sites (N-methyl/N-ethyl adjacent to an activating group) is 2. The molecule has 7 N–H and O–H groups in total. The van der Waals surface area contributed by atoms with Crippen molar-refractivity contribution in [2.45, 2.75) is 110 Å². The molecule has 3 saturated heterocycles. The van der Waals surface area contributed by atoms with Crippen molar-refractivity contribution in [1.29, 1.82) is 15.8 Å². The van der Waals surface area contributed by atoms with Gasteiger partial charge in [0.05, 0.1) is 47.4 Å². The van der Waals surface area contributed by atoms with Crippen molar-refractivity contribution in [2.75, 3.05) is 105 Å². The summed E-state index contributed by atoms with van der Waals surface area (Å²) in [7, 11) is 6.67. The number of aliphatic carboxylic acids is 1. The number of nitrogen functional groups attached to an aromatic ring is 3. The van der Waals surface area contributed by atoms with Gasteiger partial charge in [-0.05, 0) is 194 Å². The first-order valence-electron chi connectivity index (χ1n) is 42.7. The van der Waals surface area contributed by atoms with E-state index in [2.05, 4.69) is 62.5 Å². The van der Waals surface area contributed by atoms with Gasteiger partial charge in [0.15, 0.2) is 0 Å². The van der Waals surface area contributed by atoms with E-state index < -0.39 is 36.8 Å². The first kappa shape index (κ1) is 102. The number of aldehydes is 1. The number of nitrogens with zero attached hydrogens (tertiary/aromatic N) is 17. The number of carbonyl (C=O) groups excluding carboxylic acids is 4. The van der Waals surface area contributed by atoms with Gasteiger partial charge in [0, 0.05) is 82.6 Å². The quantitative estimate of drug-likeness (QED) is 0.0204. The second-order valence-electron chi connectivity index (χ2n) is 31.9. The fraction of sp³-hybridized carbons (Fsp3) is 0.312. The molecule has 0 spiro atoms. The molecule has 3 atom stereocenters. The van der Waals surface area contributed by atoms with E-state index in [1.165, 1.54) is 19.0 Å². The number of aromatic nitrogens is 9. The topological polar surface area (TPSA) is 409 Å². The van der Waals surface area contributed by atoms with Crippen LogP contribution in [0.3, 0.4) is 0 Å². The molecule has 3 amide bonds. The SMILES string of the molecule is CC(C)(C)OC(=O)N1CC[C@@H](n2c(Br)c(-c3ccc(Oc4ccccc4)cc3)c3c(N)ncnc32)C1.CC(C)(C)OC(=O)N1CC[C@@H](n2c(C#N)c(-c3ccc(Oc4ccccc4)cc3)c3c(N)ncnc32)C1.CN(C)C/C=C/C(=O)N1CC[C@@H](n2c(C#N)c(-c3ccc(Oc4ccccc4)cc3)c3c(N)ncnc32)C1.CN(C)C/C=C/C(=O)O.O=CC(F)(F)F.[2H]CC.[2H]CF.[C-]#N.[Cu+]. The Morgan fingerprint density at radius 2 is 0.805 bits per heavy atom. The third kappa shape index (κ3) is 28.9. The fourth-order valence-corrected chi connectivity index (χ4v) is 15.2. The molecule has 0 radical (unpaired) electrons. The summed E-state index contributed by atoms with van der Waals surface area (Å²) in [5.74, 6) is 4.41. The van der Waals surface area contributed by atoms with Gasteiger partial charge in [-0.3, -0.25) is 14.0 Å². The monoisotopic (exact) mass is 1930 g/mol. The van der Waals surface area contributed by atoms with Crippen LogP contribution < -0.4 is 31.4 Å². The largest absolute Gasteiger partial charge is 1.00 e. The van der Waals surface area contributed by atoms with Crippen LogP contribution in [0, 0.1) is 34.5 Å². The van der Waals surface area contributed by atoms with E-state index in [0.717, 1.165) is 73.4 Å². The Morgan fingerprint density at radius 1 is 0.519 bits per heavy atom. The van der Waals surface area contributed by atoms with Crippen LogP contribution in [0.5, 0.6) is 34.5 Å². The Kier molecular flexibility index (Phi) is 38.2. The van der Waals surface area contributed by atoms with E-state index in [9.17, 15) is 47.3 Å². The molecule has 12 aromatic rings. The van der Waals surface area contributed by atoms with Crippen LogP contribution in [-0.2, 0) is 40.9 Å². The molecule has 31 nitrogen and oxygen atoms in total. The van der Waals surface area contributed by atoms with E-state index in [4.69, 9.17) is 65.4 Å². The van der Waals surface area contributed by atoms with E-state index in [1.807, 2.05) is 263 Å². The number of carboxylic acids is 1. The van der Waals surface area contributed by atoms with Crippen molar-refractivity contribution in [2.24, 2.45) is 0 Å². The molecule has 3 aliphatic rings. The van der Waals surface area contributed by atoms with Gasteiger partial charge in [0.25, 0.3) is 0 Å². The predicted octanol–water partition coefficient (Wildman–Crippen LogP) is 18.8. The zero-order valence-corrected chi connectivity index (χ0v) is 77.7. The minimum Gasteiger partial charge on any atom is -0.512 e. The summed E-state index contributed by atoms with van der Waals surface area (Å²) in [6.45, 7) is 22.7. The van der Waals surface area contributed by atoms with Crippen molar-refractivity contribution < 1.29 is 90.1 Å². The van der Waals surface area contributed by atoms with Gasteiger partial charge in [-0.1, -0.05) is 117 Å². The minimum atomic E-state index is -4.64. The summed E-state index contributed by atoms with van der Waals surface area (Å²) in [5, 5.41) is 37.0. The van der Waals surface area contributed by atoms with Crippen molar-refractivity contribution in [1.82, 2.24) is 68.1 Å². The summed E-state index contributed by atoms with van der Waals surface area (Å²) in [5.41, 5.74) is 25.5. The molecule has 0 aliphatic carbocycles. The third-order valence-corrected chi connectivity index (χ3v) is 20.5. The number of ether oxygens (including phenoxy) is 5. The number of nitriles is 2. The average molecular weight is 1940 g/mol. The van der Waals surface area contributed by atoms with Gasteiger partial charge in [0.2, 0.25) is 12.2 Å². The molecule has 3 aliphatic heterocycles. The van der Waals surface area contributed by atoms with Crippen molar-refractivity contribution in [3.63, 3.8) is 0 Å². The number of nitrogens with two attached hydrogens (primary N) is 3. The molecule has 15 rings (SSSR count). The number of para-hydroxylation sites is 3. The van der Waals surface area contributed by atoms with E-state index in [-0.39, 0.29) is 53.3 Å². The second kappa shape index (κ2) is 49.7. The number of hydrogen-bond acceptors (Lipinski definition) is 24. The Labute approximate surface area is 791 Å². The number of alkyl halides is 4. The van der Waals surface area contributed by atoms with Crippen LogP contribution in [-0.4, -0.2) is 209 Å². The number of hydrogen-bond donors (Lipinski definition) is 4. The Morgan fingerprint density at radius 3 is 1.11 bits per heavy atom. The Hall–Kier alpha value is -14.3.